The number of aliphatic hydroxyl groups excluding tert-OH is 18. The second-order valence-corrected chi connectivity index (χ2v) is 19.3. The van der Waals surface area contributed by atoms with E-state index in [1.807, 2.05) is 0 Å². The zero-order chi connectivity index (χ0) is 56.1. The van der Waals surface area contributed by atoms with Crippen molar-refractivity contribution in [3.8, 4) is 0 Å². The van der Waals surface area contributed by atoms with Gasteiger partial charge in [0.1, 0.15) is 153 Å². The first-order valence-electron chi connectivity index (χ1n) is 24.4. The van der Waals surface area contributed by atoms with Gasteiger partial charge in [-0.25, -0.2) is 0 Å². The van der Waals surface area contributed by atoms with Crippen molar-refractivity contribution in [1.82, 2.24) is 0 Å². The summed E-state index contributed by atoms with van der Waals surface area (Å²) in [5, 5.41) is 200. The first kappa shape index (κ1) is 61.7. The standard InChI is InChI=1S/C42H70O35/c1-61-40-30-17(52)24(59)38(76-40)74-32-18(53)25(60)39(77-42(32)63-3)73-31-16(51)23(58)37(75-41(31)62-2)71-29-11(7-46)66-35(21(56)14(29)49)69-27-9(5-44)64-33(19(54)12(27)47)68-26-8(4-43)65-34(20(55)13(26)48)70-28-10(6-45)67-36(72-30)22(57)15(28)50/h8-60H,4-7H2,1-3H3. The van der Waals surface area contributed by atoms with E-state index in [2.05, 4.69) is 0 Å². The van der Waals surface area contributed by atoms with Gasteiger partial charge < -0.3 is 172 Å². The second-order valence-electron chi connectivity index (χ2n) is 19.3. The Balaban J connectivity index is 1.08. The van der Waals surface area contributed by atoms with Crippen LogP contribution in [0, 0.1) is 0 Å². The molecule has 0 radical (unpaired) electrons. The van der Waals surface area contributed by atoms with Crippen molar-refractivity contribution < 1.29 is 172 Å². The Labute approximate surface area is 435 Å². The zero-order valence-electron chi connectivity index (χ0n) is 41.0. The van der Waals surface area contributed by atoms with Gasteiger partial charge in [0.25, 0.3) is 0 Å². The minimum atomic E-state index is -2.19. The molecule has 35 nitrogen and oxygen atoms in total. The van der Waals surface area contributed by atoms with Gasteiger partial charge in [-0.15, -0.1) is 0 Å². The van der Waals surface area contributed by atoms with E-state index in [9.17, 15) is 91.9 Å². The first-order valence-corrected chi connectivity index (χ1v) is 24.4. The van der Waals surface area contributed by atoms with E-state index in [1.54, 1.807) is 0 Å². The molecule has 0 aromatic rings. The average Bonchev–Trinajstić information content (AvgIpc) is 3.47. The summed E-state index contributed by atoms with van der Waals surface area (Å²) < 4.78 is 96.1. The summed E-state index contributed by atoms with van der Waals surface area (Å²) in [6.07, 6.45) is -68.9. The molecule has 21 rings (SSSR count). The molecule has 77 heavy (non-hydrogen) atoms. The van der Waals surface area contributed by atoms with Gasteiger partial charge in [0.05, 0.1) is 26.4 Å². The van der Waals surface area contributed by atoms with Crippen LogP contribution in [0.4, 0.5) is 0 Å². The summed E-state index contributed by atoms with van der Waals surface area (Å²) in [5.41, 5.74) is 0. The van der Waals surface area contributed by atoms with Crippen LogP contribution < -0.4 is 0 Å². The van der Waals surface area contributed by atoms with Gasteiger partial charge in [-0.2, -0.15) is 0 Å². The fraction of sp³-hybridized carbons (Fsp3) is 1.00. The average molecular weight is 1130 g/mol. The Kier molecular flexibility index (Phi) is 20.8. The lowest BCUT2D eigenvalue weighted by atomic mass is 9.95. The predicted molar refractivity (Wildman–Crippen MR) is 228 cm³/mol. The Bertz CT molecular complexity index is 1470. The molecule has 0 spiro atoms. The molecule has 448 valence electrons. The smallest absolute Gasteiger partial charge is 0.189 e. The third-order valence-corrected chi connectivity index (χ3v) is 14.5. The topological polar surface area (TPSA) is 521 Å². The van der Waals surface area contributed by atoms with Gasteiger partial charge in [0, 0.05) is 21.3 Å². The monoisotopic (exact) mass is 1130 g/mol. The summed E-state index contributed by atoms with van der Waals surface area (Å²) in [6.45, 7) is -4.09. The molecule has 0 saturated carbocycles. The SMILES string of the molecule is COC1OC2OC3C(OC)OC(OC4C(OC)OC(OC5C(CO)OC(OC6C(CO)OC(OC7C(CO)OC(OC8C(CO)OC(OC1C(O)C2O)C(O)C8O)C(O)C7O)C(O)C6O)C(O)C5O)C(O)C4O)C(O)C3O. The molecule has 0 aromatic carbocycles. The van der Waals surface area contributed by atoms with Crippen molar-refractivity contribution in [3.05, 3.63) is 0 Å². The van der Waals surface area contributed by atoms with Crippen LogP contribution in [0.15, 0.2) is 0 Å². The lowest BCUT2D eigenvalue weighted by Crippen LogP contribution is -2.68. The second kappa shape index (κ2) is 26.0. The van der Waals surface area contributed by atoms with Gasteiger partial charge in [0.2, 0.25) is 0 Å². The molecule has 35 heteroatoms. The molecule has 35 unspecified atom stereocenters. The van der Waals surface area contributed by atoms with Crippen molar-refractivity contribution in [2.45, 2.75) is 215 Å². The number of rotatable bonds is 7. The maximum absolute atomic E-state index is 11.4. The van der Waals surface area contributed by atoms with Crippen LogP contribution in [0.2, 0.25) is 0 Å². The van der Waals surface area contributed by atoms with Crippen molar-refractivity contribution in [2.24, 2.45) is 0 Å². The number of hydrogen-bond acceptors (Lipinski definition) is 35. The van der Waals surface area contributed by atoms with E-state index in [4.69, 9.17) is 80.5 Å². The van der Waals surface area contributed by atoms with E-state index in [0.29, 0.717) is 0 Å². The summed E-state index contributed by atoms with van der Waals surface area (Å²) >= 11 is 0. The molecule has 21 saturated heterocycles. The first-order chi connectivity index (χ1) is 36.7. The molecule has 0 aliphatic carbocycles. The summed E-state index contributed by atoms with van der Waals surface area (Å²) in [4.78, 5) is 0. The summed E-state index contributed by atoms with van der Waals surface area (Å²) in [7, 11) is 3.17. The Morgan fingerprint density at radius 1 is 0.221 bits per heavy atom. The molecule has 35 atom stereocenters. The van der Waals surface area contributed by atoms with Crippen molar-refractivity contribution in [3.63, 3.8) is 0 Å². The maximum Gasteiger partial charge on any atom is 0.189 e. The minimum absolute atomic E-state index is 1.02. The molecular weight excluding hydrogens is 1060 g/mol. The molecule has 0 amide bonds. The van der Waals surface area contributed by atoms with E-state index >= 15 is 0 Å². The lowest BCUT2D eigenvalue weighted by molar-refractivity contribution is -0.429. The Morgan fingerprint density at radius 2 is 0.377 bits per heavy atom. The molecular formula is C42H70O35. The molecule has 21 aliphatic heterocycles. The highest BCUT2D eigenvalue weighted by molar-refractivity contribution is 5.00. The minimum Gasteiger partial charge on any atom is -0.394 e. The fourth-order valence-corrected chi connectivity index (χ4v) is 10.2. The van der Waals surface area contributed by atoms with Crippen LogP contribution in [0.25, 0.3) is 0 Å². The zero-order valence-corrected chi connectivity index (χ0v) is 41.0. The predicted octanol–water partition coefficient (Wildman–Crippen LogP) is -13.4. The van der Waals surface area contributed by atoms with Gasteiger partial charge >= 0.3 is 0 Å². The molecule has 0 aromatic heterocycles. The molecule has 21 aliphatic rings. The van der Waals surface area contributed by atoms with Gasteiger partial charge in [-0.1, -0.05) is 0 Å². The third kappa shape index (κ3) is 12.1. The van der Waals surface area contributed by atoms with E-state index in [1.165, 1.54) is 0 Å². The van der Waals surface area contributed by atoms with E-state index in [-0.39, 0.29) is 0 Å². The van der Waals surface area contributed by atoms with Gasteiger partial charge in [-0.05, 0) is 0 Å². The Hall–Kier alpha value is -1.40. The third-order valence-electron chi connectivity index (χ3n) is 14.5. The molecule has 21 heterocycles. The van der Waals surface area contributed by atoms with Gasteiger partial charge in [0.15, 0.2) is 62.9 Å². The van der Waals surface area contributed by atoms with Crippen molar-refractivity contribution in [2.75, 3.05) is 47.8 Å². The number of aliphatic hydroxyl groups is 18. The van der Waals surface area contributed by atoms with Crippen LogP contribution in [-0.4, -0.2) is 355 Å². The van der Waals surface area contributed by atoms with E-state index < -0.39 is 242 Å². The maximum atomic E-state index is 11.4. The summed E-state index contributed by atoms with van der Waals surface area (Å²) in [5.74, 6) is 0. The quantitative estimate of drug-likeness (QED) is 0.113. The van der Waals surface area contributed by atoms with Crippen molar-refractivity contribution >= 4 is 0 Å². The van der Waals surface area contributed by atoms with Crippen LogP contribution >= 0.6 is 0 Å². The van der Waals surface area contributed by atoms with Crippen molar-refractivity contribution in [1.29, 1.82) is 0 Å². The molecule has 18 N–H and O–H groups in total. The summed E-state index contributed by atoms with van der Waals surface area (Å²) in [6, 6.07) is 0. The number of methoxy groups -OCH3 is 3. The van der Waals surface area contributed by atoms with E-state index in [0.717, 1.165) is 21.3 Å². The normalized spacial score (nSPS) is 55.4. The van der Waals surface area contributed by atoms with Crippen LogP contribution in [0.1, 0.15) is 0 Å². The Morgan fingerprint density at radius 3 is 0.545 bits per heavy atom. The largest absolute Gasteiger partial charge is 0.394 e. The number of hydrogen-bond donors (Lipinski definition) is 18. The molecule has 14 bridgehead atoms. The lowest BCUT2D eigenvalue weighted by Gasteiger charge is -2.49. The highest BCUT2D eigenvalue weighted by Gasteiger charge is 2.60. The highest BCUT2D eigenvalue weighted by atomic mass is 16.8. The van der Waals surface area contributed by atoms with Gasteiger partial charge in [-0.3, -0.25) is 0 Å². The molecule has 21 fully saturated rings. The van der Waals surface area contributed by atoms with Crippen LogP contribution in [0.5, 0.6) is 0 Å². The highest BCUT2D eigenvalue weighted by Crippen LogP contribution is 2.39. The number of ether oxygens (including phenoxy) is 17. The van der Waals surface area contributed by atoms with Crippen LogP contribution in [0.3, 0.4) is 0 Å². The fourth-order valence-electron chi connectivity index (χ4n) is 10.2. The van der Waals surface area contributed by atoms with Crippen LogP contribution in [-0.2, 0) is 80.5 Å².